The van der Waals surface area contributed by atoms with Gasteiger partial charge in [-0.2, -0.15) is 0 Å². The van der Waals surface area contributed by atoms with Crippen molar-refractivity contribution >= 4 is 11.5 Å². The van der Waals surface area contributed by atoms with E-state index in [0.29, 0.717) is 16.7 Å². The maximum Gasteiger partial charge on any atom is 0.358 e. The molecule has 1 aromatic heterocycles. The minimum Gasteiger partial charge on any atom is -0.476 e. The summed E-state index contributed by atoms with van der Waals surface area (Å²) in [6.07, 6.45) is 6.23. The highest BCUT2D eigenvalue weighted by Gasteiger charge is 2.37. The molecule has 0 saturated carbocycles. The third kappa shape index (κ3) is 2.08. The highest BCUT2D eigenvalue weighted by molar-refractivity contribution is 5.88. The first-order valence-electron chi connectivity index (χ1n) is 6.58. The lowest BCUT2D eigenvalue weighted by Crippen LogP contribution is -2.23. The molecule has 2 heterocycles. The largest absolute Gasteiger partial charge is 0.476 e. The molecule has 1 aromatic rings. The minimum absolute atomic E-state index is 0.0142. The summed E-state index contributed by atoms with van der Waals surface area (Å²) < 4.78 is 10.7. The topological polar surface area (TPSA) is 72.6 Å². The van der Waals surface area contributed by atoms with E-state index in [0.717, 1.165) is 44.5 Å². The van der Waals surface area contributed by atoms with Gasteiger partial charge in [-0.1, -0.05) is 11.2 Å². The van der Waals surface area contributed by atoms with Gasteiger partial charge < -0.3 is 14.4 Å². The van der Waals surface area contributed by atoms with Gasteiger partial charge in [0.25, 0.3) is 0 Å². The molecule has 0 amide bonds. The molecule has 1 spiro atoms. The zero-order chi connectivity index (χ0) is 13.5. The van der Waals surface area contributed by atoms with E-state index in [4.69, 9.17) is 14.4 Å². The lowest BCUT2D eigenvalue weighted by atomic mass is 9.74. The van der Waals surface area contributed by atoms with E-state index >= 15 is 0 Å². The van der Waals surface area contributed by atoms with E-state index in [2.05, 4.69) is 11.2 Å². The number of carboxylic acid groups (broad SMARTS) is 1. The number of allylic oxidation sites excluding steroid dienone is 2. The van der Waals surface area contributed by atoms with Crippen molar-refractivity contribution in [3.8, 4) is 0 Å². The fourth-order valence-electron chi connectivity index (χ4n) is 2.99. The highest BCUT2D eigenvalue weighted by atomic mass is 16.5. The van der Waals surface area contributed by atoms with Crippen molar-refractivity contribution in [1.82, 2.24) is 5.16 Å². The van der Waals surface area contributed by atoms with Crippen molar-refractivity contribution in [1.29, 1.82) is 0 Å². The summed E-state index contributed by atoms with van der Waals surface area (Å²) in [4.78, 5) is 11.0. The zero-order valence-corrected chi connectivity index (χ0v) is 10.9. The van der Waals surface area contributed by atoms with Crippen molar-refractivity contribution in [3.05, 3.63) is 23.1 Å². The van der Waals surface area contributed by atoms with Crippen LogP contribution in [0.25, 0.3) is 5.57 Å². The van der Waals surface area contributed by atoms with Crippen molar-refractivity contribution in [2.45, 2.75) is 32.6 Å². The Balaban J connectivity index is 1.84. The molecule has 1 aliphatic heterocycles. The Morgan fingerprint density at radius 2 is 2.32 bits per heavy atom. The van der Waals surface area contributed by atoms with Gasteiger partial charge in [0.1, 0.15) is 0 Å². The number of aromatic carboxylic acids is 1. The number of ether oxygens (including phenoxy) is 1. The summed E-state index contributed by atoms with van der Waals surface area (Å²) in [5.74, 6) is -0.407. The third-order valence-electron chi connectivity index (χ3n) is 4.31. The Morgan fingerprint density at radius 3 is 2.84 bits per heavy atom. The first kappa shape index (κ1) is 12.4. The molecule has 0 bridgehead atoms. The number of nitrogens with zero attached hydrogens (tertiary/aromatic N) is 1. The van der Waals surface area contributed by atoms with E-state index in [-0.39, 0.29) is 5.69 Å². The van der Waals surface area contributed by atoms with Crippen LogP contribution in [0.5, 0.6) is 0 Å². The molecule has 1 N–H and O–H groups in total. The van der Waals surface area contributed by atoms with E-state index in [1.807, 2.05) is 0 Å². The van der Waals surface area contributed by atoms with Gasteiger partial charge in [0.15, 0.2) is 11.5 Å². The highest BCUT2D eigenvalue weighted by Crippen LogP contribution is 2.44. The molecule has 1 atom stereocenters. The summed E-state index contributed by atoms with van der Waals surface area (Å²) >= 11 is 0. The Bertz CT molecular complexity index is 538. The van der Waals surface area contributed by atoms with Gasteiger partial charge in [0.2, 0.25) is 0 Å². The second-order valence-electron chi connectivity index (χ2n) is 5.53. The smallest absolute Gasteiger partial charge is 0.358 e. The van der Waals surface area contributed by atoms with Crippen molar-refractivity contribution in [2.75, 3.05) is 13.2 Å². The van der Waals surface area contributed by atoms with Crippen LogP contribution in [0.3, 0.4) is 0 Å². The molecule has 0 aromatic carbocycles. The monoisotopic (exact) mass is 263 g/mol. The van der Waals surface area contributed by atoms with Gasteiger partial charge in [-0.25, -0.2) is 4.79 Å². The first-order valence-corrected chi connectivity index (χ1v) is 6.58. The first-order chi connectivity index (χ1) is 9.11. The van der Waals surface area contributed by atoms with Gasteiger partial charge >= 0.3 is 5.97 Å². The average molecular weight is 263 g/mol. The van der Waals surface area contributed by atoms with Crippen molar-refractivity contribution in [2.24, 2.45) is 5.41 Å². The third-order valence-corrected chi connectivity index (χ3v) is 4.31. The molecule has 102 valence electrons. The van der Waals surface area contributed by atoms with Crippen LogP contribution < -0.4 is 0 Å². The molecule has 3 rings (SSSR count). The second-order valence-corrected chi connectivity index (χ2v) is 5.53. The number of rotatable bonds is 2. The predicted molar refractivity (Wildman–Crippen MR) is 67.9 cm³/mol. The quantitative estimate of drug-likeness (QED) is 0.888. The molecule has 19 heavy (non-hydrogen) atoms. The summed E-state index contributed by atoms with van der Waals surface area (Å²) in [6.45, 7) is 3.44. The van der Waals surface area contributed by atoms with Gasteiger partial charge in [-0.15, -0.1) is 0 Å². The fraction of sp³-hybridized carbons (Fsp3) is 0.571. The van der Waals surface area contributed by atoms with E-state index in [1.165, 1.54) is 0 Å². The number of aromatic nitrogens is 1. The van der Waals surface area contributed by atoms with Gasteiger partial charge in [-0.3, -0.25) is 0 Å². The van der Waals surface area contributed by atoms with Crippen LogP contribution in [0, 0.1) is 12.3 Å². The Labute approximate surface area is 111 Å². The van der Waals surface area contributed by atoms with Crippen LogP contribution >= 0.6 is 0 Å². The number of hydrogen-bond donors (Lipinski definition) is 1. The normalized spacial score (nSPS) is 26.7. The van der Waals surface area contributed by atoms with Crippen LogP contribution in [0.2, 0.25) is 0 Å². The molecule has 1 fully saturated rings. The zero-order valence-electron chi connectivity index (χ0n) is 10.9. The molecule has 0 radical (unpaired) electrons. The predicted octanol–water partition coefficient (Wildman–Crippen LogP) is 2.66. The van der Waals surface area contributed by atoms with E-state index in [9.17, 15) is 4.79 Å². The molecular weight excluding hydrogens is 246 g/mol. The fourth-order valence-corrected chi connectivity index (χ4v) is 2.99. The van der Waals surface area contributed by atoms with Crippen LogP contribution in [0.15, 0.2) is 10.6 Å². The van der Waals surface area contributed by atoms with Gasteiger partial charge in [0.05, 0.1) is 6.61 Å². The Hall–Kier alpha value is -1.62. The van der Waals surface area contributed by atoms with Crippen LogP contribution in [0.1, 0.15) is 47.5 Å². The second kappa shape index (κ2) is 4.49. The molecule has 2 aliphatic rings. The molecule has 5 heteroatoms. The van der Waals surface area contributed by atoms with Crippen LogP contribution in [0.4, 0.5) is 0 Å². The number of carboxylic acids is 1. The number of hydrogen-bond acceptors (Lipinski definition) is 4. The van der Waals surface area contributed by atoms with Crippen LogP contribution in [-0.2, 0) is 4.74 Å². The molecule has 1 unspecified atom stereocenters. The Kier molecular flexibility index (Phi) is 2.93. The molecule has 1 aliphatic carbocycles. The lowest BCUT2D eigenvalue weighted by molar-refractivity contribution is 0.0685. The summed E-state index contributed by atoms with van der Waals surface area (Å²) in [6, 6.07) is 0. The van der Waals surface area contributed by atoms with Gasteiger partial charge in [-0.05, 0) is 43.6 Å². The molecule has 1 saturated heterocycles. The summed E-state index contributed by atoms with van der Waals surface area (Å²) in [5.41, 5.74) is 2.01. The van der Waals surface area contributed by atoms with Crippen molar-refractivity contribution < 1.29 is 19.2 Å². The SMILES string of the molecule is Cc1c(C(=O)O)noc1C1=CCC2(CCOC2)CC1. The summed E-state index contributed by atoms with van der Waals surface area (Å²) in [5, 5.41) is 12.6. The van der Waals surface area contributed by atoms with Crippen LogP contribution in [-0.4, -0.2) is 29.4 Å². The van der Waals surface area contributed by atoms with E-state index in [1.54, 1.807) is 6.92 Å². The summed E-state index contributed by atoms with van der Waals surface area (Å²) in [7, 11) is 0. The standard InChI is InChI=1S/C14H17NO4/c1-9-11(13(16)17)15-19-12(9)10-2-4-14(5-3-10)6-7-18-8-14/h2H,3-8H2,1H3,(H,16,17). The lowest BCUT2D eigenvalue weighted by Gasteiger charge is -2.30. The van der Waals surface area contributed by atoms with Gasteiger partial charge in [0, 0.05) is 12.2 Å². The average Bonchev–Trinajstić information content (AvgIpc) is 2.98. The Morgan fingerprint density at radius 1 is 1.47 bits per heavy atom. The number of carbonyl (C=O) groups is 1. The van der Waals surface area contributed by atoms with Crippen molar-refractivity contribution in [3.63, 3.8) is 0 Å². The molecular formula is C14H17NO4. The maximum absolute atomic E-state index is 11.0. The van der Waals surface area contributed by atoms with E-state index < -0.39 is 5.97 Å². The maximum atomic E-state index is 11.0. The minimum atomic E-state index is -1.04. The molecule has 5 nitrogen and oxygen atoms in total.